The highest BCUT2D eigenvalue weighted by molar-refractivity contribution is 4.36. The molecule has 0 N–H and O–H groups in total. The first kappa shape index (κ1) is 7.92. The van der Waals surface area contributed by atoms with Gasteiger partial charge in [-0.1, -0.05) is 0 Å². The van der Waals surface area contributed by atoms with Gasteiger partial charge in [-0.25, -0.2) is 0 Å². The van der Waals surface area contributed by atoms with Crippen LogP contribution in [0.4, 0.5) is 0 Å². The molecule has 0 aliphatic rings. The van der Waals surface area contributed by atoms with Crippen LogP contribution >= 0.6 is 0 Å². The van der Waals surface area contributed by atoms with Crippen molar-refractivity contribution in [3.63, 3.8) is 0 Å². The summed E-state index contributed by atoms with van der Waals surface area (Å²) in [7, 11) is 0. The van der Waals surface area contributed by atoms with E-state index < -0.39 is 0 Å². The molecular formula is C6H13O2. The first-order chi connectivity index (χ1) is 3.81. The van der Waals surface area contributed by atoms with E-state index in [1.54, 1.807) is 6.61 Å². The number of rotatable bonds is 4. The molecule has 0 saturated heterocycles. The van der Waals surface area contributed by atoms with Gasteiger partial charge in [0.1, 0.15) is 0 Å². The molecule has 0 amide bonds. The van der Waals surface area contributed by atoms with Crippen LogP contribution in [0.1, 0.15) is 20.8 Å². The second-order valence-electron chi connectivity index (χ2n) is 1.39. The summed E-state index contributed by atoms with van der Waals surface area (Å²) >= 11 is 0. The summed E-state index contributed by atoms with van der Waals surface area (Å²) in [5.41, 5.74) is 0. The topological polar surface area (TPSA) is 18.5 Å². The first-order valence-corrected chi connectivity index (χ1v) is 2.86. The van der Waals surface area contributed by atoms with Gasteiger partial charge in [0.05, 0.1) is 6.61 Å². The average molecular weight is 117 g/mol. The van der Waals surface area contributed by atoms with Gasteiger partial charge in [0.15, 0.2) is 6.29 Å². The molecule has 1 radical (unpaired) electrons. The Morgan fingerprint density at radius 2 is 2.25 bits per heavy atom. The van der Waals surface area contributed by atoms with Gasteiger partial charge in [0, 0.05) is 6.61 Å². The molecule has 49 valence electrons. The van der Waals surface area contributed by atoms with Gasteiger partial charge in [0.25, 0.3) is 0 Å². The highest BCUT2D eigenvalue weighted by atomic mass is 16.7. The lowest BCUT2D eigenvalue weighted by Crippen LogP contribution is -2.09. The van der Waals surface area contributed by atoms with E-state index in [4.69, 9.17) is 9.47 Å². The molecule has 0 aliphatic heterocycles. The van der Waals surface area contributed by atoms with E-state index in [1.807, 2.05) is 20.8 Å². The molecule has 0 aromatic carbocycles. The molecule has 0 aromatic rings. The van der Waals surface area contributed by atoms with E-state index in [0.717, 1.165) is 0 Å². The highest BCUT2D eigenvalue weighted by Gasteiger charge is 1.95. The third-order valence-corrected chi connectivity index (χ3v) is 0.729. The Morgan fingerprint density at radius 1 is 1.62 bits per heavy atom. The molecule has 0 rings (SSSR count). The SMILES string of the molecule is C[CH]OC(C)OCC. The van der Waals surface area contributed by atoms with Crippen molar-refractivity contribution < 1.29 is 9.47 Å². The van der Waals surface area contributed by atoms with Crippen molar-refractivity contribution in [3.05, 3.63) is 6.61 Å². The molecule has 0 bridgehead atoms. The minimum atomic E-state index is -0.0926. The van der Waals surface area contributed by atoms with Crippen molar-refractivity contribution in [2.45, 2.75) is 27.1 Å². The molecule has 0 heterocycles. The number of hydrogen-bond donors (Lipinski definition) is 0. The van der Waals surface area contributed by atoms with Crippen molar-refractivity contribution in [2.75, 3.05) is 6.61 Å². The standard InChI is InChI=1S/C6H13O2/c1-4-7-6(3)8-5-2/h4,6H,5H2,1-3H3. The fraction of sp³-hybridized carbons (Fsp3) is 0.833. The summed E-state index contributed by atoms with van der Waals surface area (Å²) < 4.78 is 9.96. The Labute approximate surface area is 50.8 Å². The molecule has 0 spiro atoms. The Bertz CT molecular complexity index is 39.8. The van der Waals surface area contributed by atoms with Crippen LogP contribution in [0.15, 0.2) is 0 Å². The van der Waals surface area contributed by atoms with Crippen LogP contribution in [-0.2, 0) is 9.47 Å². The molecule has 2 heteroatoms. The van der Waals surface area contributed by atoms with Crippen molar-refractivity contribution in [1.29, 1.82) is 0 Å². The zero-order valence-corrected chi connectivity index (χ0v) is 5.68. The lowest BCUT2D eigenvalue weighted by molar-refractivity contribution is -0.102. The van der Waals surface area contributed by atoms with Crippen LogP contribution in [0.2, 0.25) is 0 Å². The molecule has 0 saturated carbocycles. The van der Waals surface area contributed by atoms with Crippen molar-refractivity contribution in [1.82, 2.24) is 0 Å². The fourth-order valence-electron chi connectivity index (χ4n) is 0.466. The van der Waals surface area contributed by atoms with Gasteiger partial charge in [-0.2, -0.15) is 0 Å². The average Bonchev–Trinajstić information content (AvgIpc) is 1.68. The quantitative estimate of drug-likeness (QED) is 0.520. The van der Waals surface area contributed by atoms with E-state index in [-0.39, 0.29) is 6.29 Å². The Balaban J connectivity index is 2.92. The van der Waals surface area contributed by atoms with Gasteiger partial charge in [-0.05, 0) is 20.8 Å². The van der Waals surface area contributed by atoms with Crippen LogP contribution < -0.4 is 0 Å². The van der Waals surface area contributed by atoms with Crippen LogP contribution in [0.25, 0.3) is 0 Å². The third-order valence-electron chi connectivity index (χ3n) is 0.729. The molecule has 0 aliphatic carbocycles. The van der Waals surface area contributed by atoms with Crippen molar-refractivity contribution >= 4 is 0 Å². The van der Waals surface area contributed by atoms with Crippen molar-refractivity contribution in [2.24, 2.45) is 0 Å². The lowest BCUT2D eigenvalue weighted by Gasteiger charge is -2.09. The van der Waals surface area contributed by atoms with Gasteiger partial charge in [-0.15, -0.1) is 0 Å². The largest absolute Gasteiger partial charge is 0.353 e. The monoisotopic (exact) mass is 117 g/mol. The molecule has 8 heavy (non-hydrogen) atoms. The van der Waals surface area contributed by atoms with Crippen molar-refractivity contribution in [3.8, 4) is 0 Å². The normalized spacial score (nSPS) is 10.5. The predicted molar refractivity (Wildman–Crippen MR) is 32.1 cm³/mol. The van der Waals surface area contributed by atoms with Gasteiger partial charge < -0.3 is 9.47 Å². The van der Waals surface area contributed by atoms with E-state index >= 15 is 0 Å². The predicted octanol–water partition coefficient (Wildman–Crippen LogP) is 1.57. The summed E-state index contributed by atoms with van der Waals surface area (Å²) in [5.74, 6) is 0. The molecule has 1 unspecified atom stereocenters. The minimum Gasteiger partial charge on any atom is -0.353 e. The van der Waals surface area contributed by atoms with E-state index in [2.05, 4.69) is 0 Å². The summed E-state index contributed by atoms with van der Waals surface area (Å²) in [6, 6.07) is 0. The maximum absolute atomic E-state index is 5.03. The second kappa shape index (κ2) is 5.06. The Morgan fingerprint density at radius 3 is 2.62 bits per heavy atom. The van der Waals surface area contributed by atoms with Gasteiger partial charge >= 0.3 is 0 Å². The minimum absolute atomic E-state index is 0.0926. The molecule has 0 aromatic heterocycles. The maximum Gasteiger partial charge on any atom is 0.155 e. The van der Waals surface area contributed by atoms with Crippen LogP contribution in [0.3, 0.4) is 0 Å². The fourth-order valence-corrected chi connectivity index (χ4v) is 0.466. The molecule has 1 atom stereocenters. The van der Waals surface area contributed by atoms with Crippen LogP contribution in [-0.4, -0.2) is 12.9 Å². The van der Waals surface area contributed by atoms with Crippen LogP contribution in [0, 0.1) is 6.61 Å². The first-order valence-electron chi connectivity index (χ1n) is 2.86. The highest BCUT2D eigenvalue weighted by Crippen LogP contribution is 1.93. The van der Waals surface area contributed by atoms with E-state index in [9.17, 15) is 0 Å². The van der Waals surface area contributed by atoms with E-state index in [1.165, 1.54) is 0 Å². The third kappa shape index (κ3) is 4.09. The molecule has 0 fully saturated rings. The summed E-state index contributed by atoms with van der Waals surface area (Å²) in [6.45, 7) is 7.96. The number of ether oxygens (including phenoxy) is 2. The number of hydrogen-bond acceptors (Lipinski definition) is 2. The maximum atomic E-state index is 5.03. The molecular weight excluding hydrogens is 104 g/mol. The zero-order valence-electron chi connectivity index (χ0n) is 5.68. The van der Waals surface area contributed by atoms with Gasteiger partial charge in [-0.3, -0.25) is 0 Å². The lowest BCUT2D eigenvalue weighted by atomic mass is 10.7. The summed E-state index contributed by atoms with van der Waals surface area (Å²) in [4.78, 5) is 0. The van der Waals surface area contributed by atoms with E-state index in [0.29, 0.717) is 6.61 Å². The summed E-state index contributed by atoms with van der Waals surface area (Å²) in [6.07, 6.45) is -0.0926. The van der Waals surface area contributed by atoms with Crippen LogP contribution in [0.5, 0.6) is 0 Å². The zero-order chi connectivity index (χ0) is 6.41. The van der Waals surface area contributed by atoms with Gasteiger partial charge in [0.2, 0.25) is 0 Å². The second-order valence-corrected chi connectivity index (χ2v) is 1.39. The smallest absolute Gasteiger partial charge is 0.155 e. The Kier molecular flexibility index (Phi) is 5.01. The summed E-state index contributed by atoms with van der Waals surface area (Å²) in [5, 5.41) is 0. The molecule has 2 nitrogen and oxygen atoms in total. The Hall–Kier alpha value is -0.0800.